The third kappa shape index (κ3) is 6.83. The number of aryl methyl sites for hydroxylation is 2. The summed E-state index contributed by atoms with van der Waals surface area (Å²) in [6.45, 7) is 0.694. The average Bonchev–Trinajstić information content (AvgIpc) is 3.38. The molecule has 0 bridgehead atoms. The van der Waals surface area contributed by atoms with E-state index in [9.17, 15) is 4.79 Å². The summed E-state index contributed by atoms with van der Waals surface area (Å²) >= 11 is 8.17. The summed E-state index contributed by atoms with van der Waals surface area (Å²) in [4.78, 5) is 12.1. The topological polar surface area (TPSA) is 105 Å². The van der Waals surface area contributed by atoms with Gasteiger partial charge in [-0.15, -0.1) is 20.4 Å². The Morgan fingerprint density at radius 3 is 2.26 bits per heavy atom. The van der Waals surface area contributed by atoms with Crippen molar-refractivity contribution in [3.05, 3.63) is 54.8 Å². The van der Waals surface area contributed by atoms with Crippen LogP contribution in [0.5, 0.6) is 0 Å². The van der Waals surface area contributed by atoms with Crippen LogP contribution in [0.2, 0.25) is 0 Å². The molecule has 1 saturated heterocycles. The van der Waals surface area contributed by atoms with E-state index in [4.69, 9.17) is 4.74 Å². The molecule has 0 saturated carbocycles. The van der Waals surface area contributed by atoms with E-state index in [0.29, 0.717) is 18.2 Å². The number of carbonyl (C=O) groups is 1. The third-order valence-electron chi connectivity index (χ3n) is 4.94. The molecule has 4 aromatic rings. The second-order valence-corrected chi connectivity index (χ2v) is 12.6. The van der Waals surface area contributed by atoms with Gasteiger partial charge in [0.2, 0.25) is 16.2 Å². The number of aromatic nitrogens is 4. The predicted molar refractivity (Wildman–Crippen MR) is 142 cm³/mol. The van der Waals surface area contributed by atoms with Gasteiger partial charge in [-0.3, -0.25) is 4.79 Å². The minimum absolute atomic E-state index is 0.0629. The second kappa shape index (κ2) is 11.2. The number of thiophene rings is 2. The molecular formula is C21H22N6O2S5. The monoisotopic (exact) mass is 550 g/mol. The fraction of sp³-hybridized carbons (Fsp3) is 0.381. The summed E-state index contributed by atoms with van der Waals surface area (Å²) in [6.07, 6.45) is 2.91. The standard InChI is InChI=1S/C21H22N6O2S5/c28-16(9-14-1-5-31-11-14)22-19-26-24-17(33-19)3-7-30-8-4-18-25-27-20(34-18)23-21(13-29-21)10-15-2-6-32-12-15/h1-2,5-6,11-12H,3-4,7-10,13H2,(H,23,27)(H,22,26,28). The SMILES string of the molecule is O=C(Cc1ccsc1)Nc1nnc(CCSCCc2nnc(NC3(Cc4ccsc4)CO3)s2)s1. The highest BCUT2D eigenvalue weighted by molar-refractivity contribution is 7.99. The van der Waals surface area contributed by atoms with E-state index < -0.39 is 0 Å². The molecule has 4 aromatic heterocycles. The molecule has 5 heterocycles. The summed E-state index contributed by atoms with van der Waals surface area (Å²) in [7, 11) is 0. The van der Waals surface area contributed by atoms with Crippen molar-refractivity contribution < 1.29 is 9.53 Å². The molecule has 1 aliphatic heterocycles. The zero-order valence-corrected chi connectivity index (χ0v) is 22.1. The fourth-order valence-electron chi connectivity index (χ4n) is 3.20. The van der Waals surface area contributed by atoms with Crippen molar-refractivity contribution in [3.8, 4) is 0 Å². The van der Waals surface area contributed by atoms with Gasteiger partial charge >= 0.3 is 0 Å². The first kappa shape index (κ1) is 23.8. The van der Waals surface area contributed by atoms with Crippen LogP contribution in [0.15, 0.2) is 33.7 Å². The van der Waals surface area contributed by atoms with Crippen molar-refractivity contribution in [3.63, 3.8) is 0 Å². The van der Waals surface area contributed by atoms with E-state index in [1.165, 1.54) is 16.9 Å². The van der Waals surface area contributed by atoms with Gasteiger partial charge in [0.05, 0.1) is 13.0 Å². The van der Waals surface area contributed by atoms with Crippen LogP contribution in [0.3, 0.4) is 0 Å². The maximum Gasteiger partial charge on any atom is 0.230 e. The molecule has 0 aromatic carbocycles. The van der Waals surface area contributed by atoms with Gasteiger partial charge in [-0.2, -0.15) is 34.4 Å². The first-order chi connectivity index (χ1) is 16.7. The summed E-state index contributed by atoms with van der Waals surface area (Å²) in [6, 6.07) is 4.08. The Labute approximate surface area is 217 Å². The van der Waals surface area contributed by atoms with Crippen LogP contribution in [0.25, 0.3) is 0 Å². The van der Waals surface area contributed by atoms with Crippen molar-refractivity contribution >= 4 is 73.3 Å². The molecule has 178 valence electrons. The molecule has 13 heteroatoms. The maximum absolute atomic E-state index is 12.1. The van der Waals surface area contributed by atoms with E-state index in [-0.39, 0.29) is 11.6 Å². The molecular weight excluding hydrogens is 529 g/mol. The molecule has 34 heavy (non-hydrogen) atoms. The van der Waals surface area contributed by atoms with Crippen LogP contribution in [0, 0.1) is 0 Å². The lowest BCUT2D eigenvalue weighted by Crippen LogP contribution is -2.25. The zero-order chi connectivity index (χ0) is 23.2. The average molecular weight is 551 g/mol. The highest BCUT2D eigenvalue weighted by Gasteiger charge is 2.45. The Balaban J connectivity index is 0.986. The molecule has 5 rings (SSSR count). The van der Waals surface area contributed by atoms with Crippen molar-refractivity contribution in [1.29, 1.82) is 0 Å². The van der Waals surface area contributed by atoms with E-state index >= 15 is 0 Å². The van der Waals surface area contributed by atoms with Gasteiger partial charge < -0.3 is 15.4 Å². The maximum atomic E-state index is 12.1. The van der Waals surface area contributed by atoms with Gasteiger partial charge in [0.15, 0.2) is 5.72 Å². The smallest absolute Gasteiger partial charge is 0.230 e. The van der Waals surface area contributed by atoms with Crippen LogP contribution in [-0.2, 0) is 35.2 Å². The Hall–Kier alpha value is -1.90. The lowest BCUT2D eigenvalue weighted by Gasteiger charge is -2.11. The summed E-state index contributed by atoms with van der Waals surface area (Å²) in [5.74, 6) is 1.85. The first-order valence-electron chi connectivity index (χ1n) is 10.6. The Morgan fingerprint density at radius 1 is 0.971 bits per heavy atom. The molecule has 8 nitrogen and oxygen atoms in total. The van der Waals surface area contributed by atoms with E-state index in [0.717, 1.165) is 51.5 Å². The van der Waals surface area contributed by atoms with E-state index in [2.05, 4.69) is 47.9 Å². The van der Waals surface area contributed by atoms with Gasteiger partial charge in [-0.25, -0.2) is 0 Å². The molecule has 0 spiro atoms. The number of nitrogens with zero attached hydrogens (tertiary/aromatic N) is 4. The lowest BCUT2D eigenvalue weighted by molar-refractivity contribution is -0.115. The highest BCUT2D eigenvalue weighted by Crippen LogP contribution is 2.34. The molecule has 1 fully saturated rings. The zero-order valence-electron chi connectivity index (χ0n) is 18.1. The fourth-order valence-corrected chi connectivity index (χ4v) is 7.26. The van der Waals surface area contributed by atoms with Gasteiger partial charge in [-0.05, 0) is 56.3 Å². The predicted octanol–water partition coefficient (Wildman–Crippen LogP) is 4.59. The number of nitrogens with one attached hydrogen (secondary N) is 2. The van der Waals surface area contributed by atoms with Crippen LogP contribution >= 0.6 is 57.1 Å². The number of hydrogen-bond donors (Lipinski definition) is 2. The van der Waals surface area contributed by atoms with Crippen molar-refractivity contribution in [2.75, 3.05) is 28.7 Å². The summed E-state index contributed by atoms with van der Waals surface area (Å²) in [5.41, 5.74) is 1.97. The van der Waals surface area contributed by atoms with Crippen molar-refractivity contribution in [2.24, 2.45) is 0 Å². The molecule has 2 N–H and O–H groups in total. The molecule has 1 unspecified atom stereocenters. The first-order valence-corrected chi connectivity index (χ1v) is 15.3. The van der Waals surface area contributed by atoms with Crippen molar-refractivity contribution in [2.45, 2.75) is 31.4 Å². The minimum atomic E-state index is -0.323. The molecule has 1 amide bonds. The van der Waals surface area contributed by atoms with Crippen LogP contribution in [-0.4, -0.2) is 50.1 Å². The van der Waals surface area contributed by atoms with Crippen LogP contribution < -0.4 is 10.6 Å². The number of rotatable bonds is 13. The lowest BCUT2D eigenvalue weighted by atomic mass is 10.1. The molecule has 1 aliphatic rings. The van der Waals surface area contributed by atoms with Crippen LogP contribution in [0.4, 0.5) is 10.3 Å². The number of amides is 1. The Kier molecular flexibility index (Phi) is 7.87. The Morgan fingerprint density at radius 2 is 1.62 bits per heavy atom. The van der Waals surface area contributed by atoms with Gasteiger partial charge in [0.25, 0.3) is 0 Å². The number of hydrogen-bond acceptors (Lipinski definition) is 12. The van der Waals surface area contributed by atoms with Gasteiger partial charge in [0, 0.05) is 19.3 Å². The normalized spacial score (nSPS) is 17.1. The van der Waals surface area contributed by atoms with E-state index in [1.54, 1.807) is 34.0 Å². The van der Waals surface area contributed by atoms with Crippen LogP contribution in [0.1, 0.15) is 21.1 Å². The molecule has 1 atom stereocenters. The number of thioether (sulfide) groups is 1. The number of carbonyl (C=O) groups excluding carboxylic acids is 1. The highest BCUT2D eigenvalue weighted by atomic mass is 32.2. The quantitative estimate of drug-likeness (QED) is 0.184. The van der Waals surface area contributed by atoms with Crippen molar-refractivity contribution in [1.82, 2.24) is 20.4 Å². The number of ether oxygens (including phenoxy) is 1. The second-order valence-electron chi connectivity index (χ2n) is 7.69. The molecule has 0 radical (unpaired) electrons. The largest absolute Gasteiger partial charge is 0.348 e. The number of epoxide rings is 1. The minimum Gasteiger partial charge on any atom is -0.348 e. The Bertz CT molecular complexity index is 1190. The van der Waals surface area contributed by atoms with E-state index in [1.807, 2.05) is 28.6 Å². The molecule has 0 aliphatic carbocycles. The number of anilines is 2. The van der Waals surface area contributed by atoms with Gasteiger partial charge in [0.1, 0.15) is 10.0 Å². The van der Waals surface area contributed by atoms with Gasteiger partial charge in [-0.1, -0.05) is 22.7 Å². The summed E-state index contributed by atoms with van der Waals surface area (Å²) < 4.78 is 5.68. The summed E-state index contributed by atoms with van der Waals surface area (Å²) in [5, 5.41) is 34.6. The third-order valence-corrected chi connectivity index (χ3v) is 9.19.